The van der Waals surface area contributed by atoms with Gasteiger partial charge in [0.25, 0.3) is 0 Å². The minimum Gasteiger partial charge on any atom is -0.469 e. The van der Waals surface area contributed by atoms with Crippen molar-refractivity contribution < 1.29 is 19.1 Å². The third-order valence-electron chi connectivity index (χ3n) is 1.70. The highest BCUT2D eigenvalue weighted by Crippen LogP contribution is 2.09. The van der Waals surface area contributed by atoms with Crippen molar-refractivity contribution >= 4 is 35.5 Å². The Morgan fingerprint density at radius 2 is 1.56 bits per heavy atom. The molecule has 0 N–H and O–H groups in total. The van der Waals surface area contributed by atoms with Crippen LogP contribution < -0.4 is 0 Å². The fourth-order valence-corrected chi connectivity index (χ4v) is 2.66. The molecule has 0 saturated carbocycles. The van der Waals surface area contributed by atoms with Crippen LogP contribution in [-0.2, 0) is 19.1 Å². The molecule has 0 amide bonds. The minimum atomic E-state index is -0.177. The van der Waals surface area contributed by atoms with Crippen LogP contribution >= 0.6 is 23.5 Å². The number of rotatable bonds is 9. The minimum absolute atomic E-state index is 0.160. The average Bonchev–Trinajstić information content (AvgIpc) is 2.31. The van der Waals surface area contributed by atoms with Crippen LogP contribution in [0.1, 0.15) is 12.8 Å². The third-order valence-corrected chi connectivity index (χ3v) is 3.79. The van der Waals surface area contributed by atoms with Crippen LogP contribution in [0.2, 0.25) is 0 Å². The van der Waals surface area contributed by atoms with Crippen molar-refractivity contribution in [1.29, 1.82) is 0 Å². The van der Waals surface area contributed by atoms with Gasteiger partial charge in [-0.3, -0.25) is 9.59 Å². The smallest absolute Gasteiger partial charge is 0.315 e. The van der Waals surface area contributed by atoms with E-state index in [1.165, 1.54) is 14.2 Å². The van der Waals surface area contributed by atoms with Gasteiger partial charge >= 0.3 is 11.9 Å². The molecule has 6 heteroatoms. The average molecular weight is 266 g/mol. The van der Waals surface area contributed by atoms with Gasteiger partial charge in [0.05, 0.1) is 26.4 Å². The molecule has 0 heterocycles. The van der Waals surface area contributed by atoms with Gasteiger partial charge in [-0.05, 0) is 17.9 Å². The number of esters is 2. The zero-order valence-electron chi connectivity index (χ0n) is 9.69. The first-order valence-corrected chi connectivity index (χ1v) is 7.30. The SMILES string of the molecule is COC(=O)CCSCCCSCC(=O)OC. The normalized spacial score (nSPS) is 9.88. The lowest BCUT2D eigenvalue weighted by Crippen LogP contribution is -2.04. The van der Waals surface area contributed by atoms with E-state index >= 15 is 0 Å². The lowest BCUT2D eigenvalue weighted by molar-refractivity contribution is -0.140. The largest absolute Gasteiger partial charge is 0.469 e. The number of ether oxygens (including phenoxy) is 2. The van der Waals surface area contributed by atoms with Crippen molar-refractivity contribution in [1.82, 2.24) is 0 Å². The molecule has 4 nitrogen and oxygen atoms in total. The van der Waals surface area contributed by atoms with Gasteiger partial charge in [-0.1, -0.05) is 0 Å². The maximum absolute atomic E-state index is 10.8. The highest BCUT2D eigenvalue weighted by molar-refractivity contribution is 8.00. The summed E-state index contributed by atoms with van der Waals surface area (Å²) >= 11 is 3.31. The van der Waals surface area contributed by atoms with Gasteiger partial charge < -0.3 is 9.47 Å². The second-order valence-electron chi connectivity index (χ2n) is 2.92. The summed E-state index contributed by atoms with van der Waals surface area (Å²) in [6, 6.07) is 0. The van der Waals surface area contributed by atoms with E-state index in [2.05, 4.69) is 9.47 Å². The summed E-state index contributed by atoms with van der Waals surface area (Å²) in [4.78, 5) is 21.5. The quantitative estimate of drug-likeness (QED) is 0.466. The van der Waals surface area contributed by atoms with Gasteiger partial charge in [-0.25, -0.2) is 0 Å². The summed E-state index contributed by atoms with van der Waals surface area (Å²) < 4.78 is 9.04. The van der Waals surface area contributed by atoms with E-state index in [9.17, 15) is 9.59 Å². The number of carbonyl (C=O) groups excluding carboxylic acids is 2. The van der Waals surface area contributed by atoms with E-state index in [0.29, 0.717) is 12.2 Å². The molecule has 0 spiro atoms. The van der Waals surface area contributed by atoms with Gasteiger partial charge in [-0.15, -0.1) is 0 Å². The second-order valence-corrected chi connectivity index (χ2v) is 5.25. The third kappa shape index (κ3) is 10.2. The van der Waals surface area contributed by atoms with Crippen molar-refractivity contribution in [3.63, 3.8) is 0 Å². The molecule has 0 aromatic heterocycles. The number of thioether (sulfide) groups is 2. The molecule has 94 valence electrons. The Morgan fingerprint density at radius 1 is 0.938 bits per heavy atom. The van der Waals surface area contributed by atoms with Crippen LogP contribution in [0.25, 0.3) is 0 Å². The summed E-state index contributed by atoms with van der Waals surface area (Å²) in [5.74, 6) is 2.83. The molecule has 0 fully saturated rings. The molecule has 0 bridgehead atoms. The zero-order valence-corrected chi connectivity index (χ0v) is 11.3. The Hall–Kier alpha value is -0.360. The van der Waals surface area contributed by atoms with Crippen LogP contribution in [0.5, 0.6) is 0 Å². The molecule has 16 heavy (non-hydrogen) atoms. The Morgan fingerprint density at radius 3 is 2.19 bits per heavy atom. The summed E-state index contributed by atoms with van der Waals surface area (Å²) in [6.07, 6.45) is 1.50. The highest BCUT2D eigenvalue weighted by atomic mass is 32.2. The summed E-state index contributed by atoms with van der Waals surface area (Å²) in [5, 5.41) is 0. The predicted molar refractivity (Wildman–Crippen MR) is 67.9 cm³/mol. The van der Waals surface area contributed by atoms with E-state index in [-0.39, 0.29) is 11.9 Å². The maximum Gasteiger partial charge on any atom is 0.315 e. The Kier molecular flexibility index (Phi) is 10.9. The Labute approximate surface area is 105 Å². The van der Waals surface area contributed by atoms with E-state index in [0.717, 1.165) is 23.7 Å². The monoisotopic (exact) mass is 266 g/mol. The highest BCUT2D eigenvalue weighted by Gasteiger charge is 2.01. The van der Waals surface area contributed by atoms with E-state index < -0.39 is 0 Å². The first kappa shape index (κ1) is 15.6. The summed E-state index contributed by atoms with van der Waals surface area (Å²) in [5.41, 5.74) is 0. The molecule has 0 saturated heterocycles. The van der Waals surface area contributed by atoms with Gasteiger partial charge in [0.1, 0.15) is 0 Å². The molecular weight excluding hydrogens is 248 g/mol. The second kappa shape index (κ2) is 11.1. The molecule has 0 aromatic carbocycles. The van der Waals surface area contributed by atoms with Crippen LogP contribution in [-0.4, -0.2) is 49.2 Å². The molecule has 0 aliphatic carbocycles. The molecule has 0 radical (unpaired) electrons. The first-order valence-electron chi connectivity index (χ1n) is 4.99. The Bertz CT molecular complexity index is 187. The van der Waals surface area contributed by atoms with Crippen molar-refractivity contribution in [3.8, 4) is 0 Å². The van der Waals surface area contributed by atoms with Gasteiger partial charge in [0.15, 0.2) is 0 Å². The van der Waals surface area contributed by atoms with E-state index in [1.54, 1.807) is 23.5 Å². The van der Waals surface area contributed by atoms with E-state index in [1.807, 2.05) is 0 Å². The molecule has 0 atom stereocenters. The Balaban J connectivity index is 3.10. The van der Waals surface area contributed by atoms with Gasteiger partial charge in [0.2, 0.25) is 0 Å². The molecule has 0 aromatic rings. The summed E-state index contributed by atoms with van der Waals surface area (Å²) in [6.45, 7) is 0. The maximum atomic E-state index is 10.8. The molecule has 0 rings (SSSR count). The van der Waals surface area contributed by atoms with Crippen LogP contribution in [0, 0.1) is 0 Å². The summed E-state index contributed by atoms with van der Waals surface area (Å²) in [7, 11) is 2.79. The van der Waals surface area contributed by atoms with Crippen molar-refractivity contribution in [3.05, 3.63) is 0 Å². The fourth-order valence-electron chi connectivity index (χ4n) is 0.837. The number of hydrogen-bond acceptors (Lipinski definition) is 6. The topological polar surface area (TPSA) is 52.6 Å². The first-order chi connectivity index (χ1) is 7.70. The van der Waals surface area contributed by atoms with Gasteiger partial charge in [-0.2, -0.15) is 23.5 Å². The fraction of sp³-hybridized carbons (Fsp3) is 0.800. The van der Waals surface area contributed by atoms with E-state index in [4.69, 9.17) is 0 Å². The van der Waals surface area contributed by atoms with Gasteiger partial charge in [0, 0.05) is 5.75 Å². The van der Waals surface area contributed by atoms with Crippen LogP contribution in [0.15, 0.2) is 0 Å². The lowest BCUT2D eigenvalue weighted by Gasteiger charge is -2.01. The van der Waals surface area contributed by atoms with Crippen molar-refractivity contribution in [2.45, 2.75) is 12.8 Å². The number of methoxy groups -OCH3 is 2. The van der Waals surface area contributed by atoms with Crippen LogP contribution in [0.3, 0.4) is 0 Å². The lowest BCUT2D eigenvalue weighted by atomic mass is 10.5. The molecule has 0 aliphatic heterocycles. The number of carbonyl (C=O) groups is 2. The van der Waals surface area contributed by atoms with Crippen LogP contribution in [0.4, 0.5) is 0 Å². The number of hydrogen-bond donors (Lipinski definition) is 0. The van der Waals surface area contributed by atoms with Crippen molar-refractivity contribution in [2.24, 2.45) is 0 Å². The van der Waals surface area contributed by atoms with Crippen molar-refractivity contribution in [2.75, 3.05) is 37.2 Å². The molecule has 0 unspecified atom stereocenters. The molecular formula is C10H18O4S2. The standard InChI is InChI=1S/C10H18O4S2/c1-13-9(11)4-7-15-5-3-6-16-8-10(12)14-2/h3-8H2,1-2H3. The predicted octanol–water partition coefficient (Wildman–Crippen LogP) is 1.58. The molecule has 0 aliphatic rings. The zero-order chi connectivity index (χ0) is 12.2.